The third kappa shape index (κ3) is 3.27. The minimum Gasteiger partial charge on any atom is -0.497 e. The molecule has 5 rings (SSSR count). The number of nitrogens with one attached hydrogen (secondary N) is 1. The average molecular weight is 466 g/mol. The van der Waals surface area contributed by atoms with Gasteiger partial charge in [-0.05, 0) is 12.1 Å². The van der Waals surface area contributed by atoms with Gasteiger partial charge < -0.3 is 33.9 Å². The number of carbonyl (C=O) groups excluding carboxylic acids is 2. The van der Waals surface area contributed by atoms with Crippen LogP contribution in [0.25, 0.3) is 0 Å². The monoisotopic (exact) mass is 466 g/mol. The lowest BCUT2D eigenvalue weighted by molar-refractivity contribution is -0.128. The van der Waals surface area contributed by atoms with Crippen LogP contribution in [0.3, 0.4) is 0 Å². The fraction of sp³-hybridized carbons (Fsp3) is 0.360. The predicted octanol–water partition coefficient (Wildman–Crippen LogP) is 2.65. The number of nitrogens with zero attached hydrogens (tertiary/aromatic N) is 1. The molecule has 2 fully saturated rings. The molecule has 2 amide bonds. The summed E-state index contributed by atoms with van der Waals surface area (Å²) in [6.07, 6.45) is 3.32. The van der Waals surface area contributed by atoms with Gasteiger partial charge in [-0.25, -0.2) is 0 Å². The van der Waals surface area contributed by atoms with Crippen molar-refractivity contribution in [3.05, 3.63) is 48.6 Å². The molecule has 2 bridgehead atoms. The minimum atomic E-state index is -0.831. The number of amides is 2. The number of ether oxygens (including phenoxy) is 5. The molecule has 9 nitrogen and oxygen atoms in total. The number of fused-ring (bicyclic) bond motifs is 1. The molecule has 0 unspecified atom stereocenters. The summed E-state index contributed by atoms with van der Waals surface area (Å²) in [6, 6.07) is 10.6. The molecule has 2 aromatic rings. The Balaban J connectivity index is 1.43. The fourth-order valence-corrected chi connectivity index (χ4v) is 5.17. The van der Waals surface area contributed by atoms with Crippen LogP contribution in [-0.2, 0) is 14.3 Å². The second-order valence-electron chi connectivity index (χ2n) is 8.43. The molecule has 1 N–H and O–H groups in total. The number of hydrogen-bond donors (Lipinski definition) is 1. The molecular weight excluding hydrogens is 440 g/mol. The molecule has 2 saturated heterocycles. The van der Waals surface area contributed by atoms with E-state index < -0.39 is 23.5 Å². The van der Waals surface area contributed by atoms with Crippen molar-refractivity contribution in [3.8, 4) is 23.0 Å². The van der Waals surface area contributed by atoms with Crippen LogP contribution in [0, 0.1) is 11.8 Å². The number of carbonyl (C=O) groups is 2. The van der Waals surface area contributed by atoms with Crippen LogP contribution < -0.4 is 29.2 Å². The van der Waals surface area contributed by atoms with E-state index in [0.29, 0.717) is 40.9 Å². The highest BCUT2D eigenvalue weighted by Gasteiger charge is 2.67. The Morgan fingerprint density at radius 2 is 1.79 bits per heavy atom. The van der Waals surface area contributed by atoms with E-state index in [0.717, 1.165) is 0 Å². The summed E-state index contributed by atoms with van der Waals surface area (Å²) in [4.78, 5) is 28.7. The molecule has 0 aromatic heterocycles. The third-order valence-electron chi connectivity index (χ3n) is 6.70. The lowest BCUT2D eigenvalue weighted by Gasteiger charge is -2.24. The molecule has 9 heteroatoms. The molecule has 4 atom stereocenters. The quantitative estimate of drug-likeness (QED) is 0.627. The fourth-order valence-electron chi connectivity index (χ4n) is 5.17. The second-order valence-corrected chi connectivity index (χ2v) is 8.43. The summed E-state index contributed by atoms with van der Waals surface area (Å²) in [5.41, 5.74) is 0.343. The molecule has 0 aliphatic carbocycles. The lowest BCUT2D eigenvalue weighted by atomic mass is 9.77. The normalized spacial score (nSPS) is 26.4. The van der Waals surface area contributed by atoms with Crippen LogP contribution in [-0.4, -0.2) is 58.5 Å². The Labute approximate surface area is 197 Å². The van der Waals surface area contributed by atoms with Crippen molar-refractivity contribution in [2.45, 2.75) is 11.7 Å². The zero-order valence-corrected chi connectivity index (χ0v) is 19.4. The minimum absolute atomic E-state index is 0.148. The van der Waals surface area contributed by atoms with Gasteiger partial charge >= 0.3 is 0 Å². The molecule has 1 spiro atoms. The number of hydrogen-bond acceptors (Lipinski definition) is 7. The van der Waals surface area contributed by atoms with E-state index in [2.05, 4.69) is 5.32 Å². The van der Waals surface area contributed by atoms with Crippen molar-refractivity contribution in [1.82, 2.24) is 0 Å². The van der Waals surface area contributed by atoms with E-state index in [1.54, 1.807) is 30.2 Å². The van der Waals surface area contributed by atoms with Crippen LogP contribution in [0.4, 0.5) is 11.4 Å². The molecule has 34 heavy (non-hydrogen) atoms. The van der Waals surface area contributed by atoms with Crippen molar-refractivity contribution >= 4 is 23.2 Å². The van der Waals surface area contributed by atoms with Gasteiger partial charge in [-0.15, -0.1) is 0 Å². The first-order valence-electron chi connectivity index (χ1n) is 10.9. The maximum absolute atomic E-state index is 13.6. The summed E-state index contributed by atoms with van der Waals surface area (Å²) in [6.45, 7) is 0.338. The van der Waals surface area contributed by atoms with Crippen molar-refractivity contribution in [1.29, 1.82) is 0 Å². The van der Waals surface area contributed by atoms with Gasteiger partial charge in [0.1, 0.15) is 11.4 Å². The maximum atomic E-state index is 13.6. The van der Waals surface area contributed by atoms with Crippen LogP contribution >= 0.6 is 0 Å². The van der Waals surface area contributed by atoms with E-state index in [1.165, 1.54) is 21.3 Å². The van der Waals surface area contributed by atoms with E-state index >= 15 is 0 Å². The molecule has 178 valence electrons. The van der Waals surface area contributed by atoms with Crippen LogP contribution in [0.15, 0.2) is 48.6 Å². The van der Waals surface area contributed by atoms with Crippen LogP contribution in [0.1, 0.15) is 0 Å². The van der Waals surface area contributed by atoms with Gasteiger partial charge in [0, 0.05) is 29.6 Å². The first-order chi connectivity index (χ1) is 16.4. The summed E-state index contributed by atoms with van der Waals surface area (Å²) in [5, 5.41) is 2.91. The number of methoxy groups -OCH3 is 4. The highest BCUT2D eigenvalue weighted by Crippen LogP contribution is 2.53. The van der Waals surface area contributed by atoms with E-state index in [-0.39, 0.29) is 11.8 Å². The summed E-state index contributed by atoms with van der Waals surface area (Å²) in [5.74, 6) is 0.146. The van der Waals surface area contributed by atoms with Gasteiger partial charge in [-0.2, -0.15) is 0 Å². The van der Waals surface area contributed by atoms with Crippen molar-refractivity contribution in [2.75, 3.05) is 45.2 Å². The Morgan fingerprint density at radius 3 is 2.44 bits per heavy atom. The Morgan fingerprint density at radius 1 is 1.06 bits per heavy atom. The maximum Gasteiger partial charge on any atom is 0.234 e. The van der Waals surface area contributed by atoms with E-state index in [4.69, 9.17) is 23.7 Å². The Kier molecular flexibility index (Phi) is 5.36. The summed E-state index contributed by atoms with van der Waals surface area (Å²) < 4.78 is 27.6. The van der Waals surface area contributed by atoms with Crippen molar-refractivity contribution in [3.63, 3.8) is 0 Å². The average Bonchev–Trinajstić information content (AvgIpc) is 3.51. The van der Waals surface area contributed by atoms with Crippen molar-refractivity contribution < 1.29 is 33.3 Å². The van der Waals surface area contributed by atoms with Gasteiger partial charge in [0.25, 0.3) is 0 Å². The SMILES string of the molecule is COc1cccc(N2C[C@@]34C=C[C@@H](O3)[C@@H](C(=O)Nc3cc(OC)c(OC)c(OC)c3)[C@H]4C2=O)c1. The largest absolute Gasteiger partial charge is 0.497 e. The van der Waals surface area contributed by atoms with E-state index in [9.17, 15) is 9.59 Å². The van der Waals surface area contributed by atoms with Gasteiger partial charge in [0.2, 0.25) is 17.6 Å². The predicted molar refractivity (Wildman–Crippen MR) is 124 cm³/mol. The first-order valence-corrected chi connectivity index (χ1v) is 10.9. The number of benzene rings is 2. The zero-order chi connectivity index (χ0) is 24.0. The zero-order valence-electron chi connectivity index (χ0n) is 19.4. The standard InChI is InChI=1S/C25H26N2O7/c1-30-16-7-5-6-15(12-16)27-13-25-9-8-17(34-25)20(21(25)24(27)29)23(28)26-14-10-18(31-2)22(33-4)19(11-14)32-3/h5-12,17,20-21H,13H2,1-4H3,(H,26,28)/t17-,20-,21+,25-/m1/s1. The second kappa shape index (κ2) is 8.25. The molecule has 3 aliphatic rings. The molecule has 3 aliphatic heterocycles. The Bertz CT molecular complexity index is 1150. The molecule has 0 saturated carbocycles. The molecular formula is C25H26N2O7. The van der Waals surface area contributed by atoms with E-state index in [1.807, 2.05) is 30.4 Å². The van der Waals surface area contributed by atoms with Gasteiger partial charge in [-0.3, -0.25) is 9.59 Å². The number of anilines is 2. The topological polar surface area (TPSA) is 95.6 Å². The van der Waals surface area contributed by atoms with Gasteiger partial charge in [-0.1, -0.05) is 18.2 Å². The van der Waals surface area contributed by atoms with Crippen LogP contribution in [0.5, 0.6) is 23.0 Å². The number of rotatable bonds is 7. The molecule has 2 aromatic carbocycles. The van der Waals surface area contributed by atoms with Gasteiger partial charge in [0.05, 0.1) is 52.9 Å². The smallest absolute Gasteiger partial charge is 0.234 e. The Hall–Kier alpha value is -3.72. The summed E-state index contributed by atoms with van der Waals surface area (Å²) >= 11 is 0. The highest BCUT2D eigenvalue weighted by molar-refractivity contribution is 6.05. The summed E-state index contributed by atoms with van der Waals surface area (Å²) in [7, 11) is 6.10. The highest BCUT2D eigenvalue weighted by atomic mass is 16.5. The lowest BCUT2D eigenvalue weighted by Crippen LogP contribution is -2.41. The molecule has 3 heterocycles. The third-order valence-corrected chi connectivity index (χ3v) is 6.70. The first kappa shape index (κ1) is 22.1. The van der Waals surface area contributed by atoms with Crippen LogP contribution in [0.2, 0.25) is 0 Å². The van der Waals surface area contributed by atoms with Gasteiger partial charge in [0.15, 0.2) is 11.5 Å². The molecule has 0 radical (unpaired) electrons. The van der Waals surface area contributed by atoms with Crippen molar-refractivity contribution in [2.24, 2.45) is 11.8 Å².